The van der Waals surface area contributed by atoms with Gasteiger partial charge in [0.25, 0.3) is 0 Å². The molecule has 25 heavy (non-hydrogen) atoms. The van der Waals surface area contributed by atoms with Crippen molar-refractivity contribution in [1.29, 1.82) is 0 Å². The Labute approximate surface area is 190 Å². The standard InChI is InChI=1S/C21H25.3ClH.Zr/c1-20(2,3)16-7-9-18-14(12-16)11-15-13-17(21(4,5)6)8-10-19(15)18;;;;/h7-10,12H,11H2,1-6H3;3*1H;/q-1;;;;+4/p-3. The van der Waals surface area contributed by atoms with Crippen LogP contribution in [0.4, 0.5) is 0 Å². The summed E-state index contributed by atoms with van der Waals surface area (Å²) in [7, 11) is 0. The molecule has 0 aromatic heterocycles. The smallest absolute Gasteiger partial charge is 1.00 e. The second kappa shape index (κ2) is 9.41. The van der Waals surface area contributed by atoms with Crippen molar-refractivity contribution in [1.82, 2.24) is 0 Å². The van der Waals surface area contributed by atoms with E-state index in [2.05, 4.69) is 77.9 Å². The van der Waals surface area contributed by atoms with Crippen LogP contribution in [0, 0.1) is 6.07 Å². The Kier molecular flexibility index (Phi) is 10.3. The molecule has 0 nitrogen and oxygen atoms in total. The zero-order chi connectivity index (χ0) is 15.4. The van der Waals surface area contributed by atoms with Crippen LogP contribution in [-0.4, -0.2) is 0 Å². The summed E-state index contributed by atoms with van der Waals surface area (Å²) in [5, 5.41) is 0. The van der Waals surface area contributed by atoms with Crippen molar-refractivity contribution in [2.24, 2.45) is 0 Å². The predicted octanol–water partition coefficient (Wildman–Crippen LogP) is -3.34. The SMILES string of the molecule is CC(C)(C)c1[c-]c2c(cc1)-c1ccc(C(C)(C)C)cc1C2.[Cl-].[Cl-].[Cl-].[Zr+4]. The molecular formula is C21H25Cl3Zr. The van der Waals surface area contributed by atoms with Crippen LogP contribution in [0.1, 0.15) is 63.8 Å². The molecule has 3 rings (SSSR count). The molecule has 134 valence electrons. The maximum Gasteiger partial charge on any atom is 4.00 e. The topological polar surface area (TPSA) is 0 Å². The molecule has 4 heteroatoms. The fraction of sp³-hybridized carbons (Fsp3) is 0.429. The number of hydrogen-bond donors (Lipinski definition) is 0. The second-order valence-electron chi connectivity index (χ2n) is 8.31. The third-order valence-corrected chi connectivity index (χ3v) is 4.46. The quantitative estimate of drug-likeness (QED) is 0.299. The van der Waals surface area contributed by atoms with Crippen LogP contribution in [0.25, 0.3) is 11.1 Å². The van der Waals surface area contributed by atoms with Gasteiger partial charge in [-0.05, 0) is 28.4 Å². The van der Waals surface area contributed by atoms with E-state index in [1.54, 1.807) is 0 Å². The molecule has 0 atom stereocenters. The third-order valence-electron chi connectivity index (χ3n) is 4.46. The van der Waals surface area contributed by atoms with Gasteiger partial charge in [-0.25, -0.2) is 0 Å². The molecule has 0 spiro atoms. The minimum absolute atomic E-state index is 0. The van der Waals surface area contributed by atoms with Gasteiger partial charge >= 0.3 is 26.2 Å². The maximum absolute atomic E-state index is 3.67. The van der Waals surface area contributed by atoms with Gasteiger partial charge in [0.15, 0.2) is 0 Å². The van der Waals surface area contributed by atoms with Gasteiger partial charge in [-0.1, -0.05) is 65.3 Å². The van der Waals surface area contributed by atoms with Crippen LogP contribution in [0.3, 0.4) is 0 Å². The van der Waals surface area contributed by atoms with Gasteiger partial charge < -0.3 is 37.2 Å². The van der Waals surface area contributed by atoms with E-state index in [1.165, 1.54) is 33.4 Å². The molecule has 2 aromatic rings. The Morgan fingerprint density at radius 2 is 1.32 bits per heavy atom. The average Bonchev–Trinajstić information content (AvgIpc) is 2.73. The molecule has 1 aliphatic carbocycles. The summed E-state index contributed by atoms with van der Waals surface area (Å²) in [5.74, 6) is 0. The maximum atomic E-state index is 3.67. The van der Waals surface area contributed by atoms with E-state index in [4.69, 9.17) is 0 Å². The number of halogens is 3. The zero-order valence-electron chi connectivity index (χ0n) is 15.7. The van der Waals surface area contributed by atoms with Crippen LogP contribution in [0.2, 0.25) is 0 Å². The van der Waals surface area contributed by atoms with Crippen molar-refractivity contribution in [3.05, 3.63) is 58.7 Å². The predicted molar refractivity (Wildman–Crippen MR) is 90.9 cm³/mol. The van der Waals surface area contributed by atoms with E-state index in [1.807, 2.05) is 0 Å². The monoisotopic (exact) mass is 472 g/mol. The molecule has 0 N–H and O–H groups in total. The Bertz CT molecular complexity index is 649. The molecule has 1 aliphatic rings. The molecule has 0 saturated heterocycles. The van der Waals surface area contributed by atoms with E-state index in [9.17, 15) is 0 Å². The van der Waals surface area contributed by atoms with Crippen LogP contribution in [0.15, 0.2) is 30.3 Å². The average molecular weight is 475 g/mol. The van der Waals surface area contributed by atoms with Crippen molar-refractivity contribution >= 4 is 0 Å². The van der Waals surface area contributed by atoms with Crippen LogP contribution >= 0.6 is 0 Å². The summed E-state index contributed by atoms with van der Waals surface area (Å²) in [4.78, 5) is 0. The van der Waals surface area contributed by atoms with Gasteiger partial charge in [-0.15, -0.1) is 11.1 Å². The number of fused-ring (bicyclic) bond motifs is 3. The Balaban J connectivity index is 0. The fourth-order valence-corrected chi connectivity index (χ4v) is 3.03. The van der Waals surface area contributed by atoms with Gasteiger partial charge in [-0.2, -0.15) is 23.8 Å². The largest absolute Gasteiger partial charge is 4.00 e. The van der Waals surface area contributed by atoms with Crippen molar-refractivity contribution in [3.8, 4) is 11.1 Å². The van der Waals surface area contributed by atoms with E-state index in [0.717, 1.165) is 6.42 Å². The van der Waals surface area contributed by atoms with Crippen molar-refractivity contribution in [2.75, 3.05) is 0 Å². The number of hydrogen-bond acceptors (Lipinski definition) is 0. The van der Waals surface area contributed by atoms with Crippen molar-refractivity contribution < 1.29 is 63.4 Å². The van der Waals surface area contributed by atoms with Gasteiger partial charge in [0, 0.05) is 0 Å². The number of benzene rings is 2. The first-order chi connectivity index (χ1) is 9.66. The summed E-state index contributed by atoms with van der Waals surface area (Å²) < 4.78 is 0. The molecule has 0 heterocycles. The van der Waals surface area contributed by atoms with Gasteiger partial charge in [-0.3, -0.25) is 0 Å². The molecule has 0 unspecified atom stereocenters. The normalized spacial score (nSPS) is 11.8. The minimum atomic E-state index is 0. The van der Waals surface area contributed by atoms with Gasteiger partial charge in [0.05, 0.1) is 0 Å². The van der Waals surface area contributed by atoms with E-state index in [0.29, 0.717) is 0 Å². The fourth-order valence-electron chi connectivity index (χ4n) is 3.03. The first-order valence-electron chi connectivity index (χ1n) is 7.86. The first kappa shape index (κ1) is 27.4. The Hall–Kier alpha value is 0.193. The summed E-state index contributed by atoms with van der Waals surface area (Å²) in [6, 6.07) is 15.2. The van der Waals surface area contributed by atoms with Crippen LogP contribution < -0.4 is 37.2 Å². The Morgan fingerprint density at radius 1 is 0.760 bits per heavy atom. The van der Waals surface area contributed by atoms with Gasteiger partial charge in [0.1, 0.15) is 0 Å². The molecule has 0 fully saturated rings. The second-order valence-corrected chi connectivity index (χ2v) is 8.31. The van der Waals surface area contributed by atoms with Gasteiger partial charge in [0.2, 0.25) is 0 Å². The molecule has 0 bridgehead atoms. The summed E-state index contributed by atoms with van der Waals surface area (Å²) in [6.45, 7) is 13.6. The summed E-state index contributed by atoms with van der Waals surface area (Å²) in [5.41, 5.74) is 8.70. The molecule has 0 radical (unpaired) electrons. The summed E-state index contributed by atoms with van der Waals surface area (Å²) in [6.07, 6.45) is 1.03. The van der Waals surface area contributed by atoms with E-state index < -0.39 is 0 Å². The van der Waals surface area contributed by atoms with E-state index in [-0.39, 0.29) is 74.3 Å². The van der Waals surface area contributed by atoms with Crippen molar-refractivity contribution in [2.45, 2.75) is 58.8 Å². The molecule has 2 aromatic carbocycles. The van der Waals surface area contributed by atoms with E-state index >= 15 is 0 Å². The molecular weight excluding hydrogens is 450 g/mol. The first-order valence-corrected chi connectivity index (χ1v) is 7.86. The number of rotatable bonds is 0. The van der Waals surface area contributed by atoms with Crippen LogP contribution in [-0.2, 0) is 43.5 Å². The van der Waals surface area contributed by atoms with Crippen LogP contribution in [0.5, 0.6) is 0 Å². The molecule has 0 amide bonds. The summed E-state index contributed by atoms with van der Waals surface area (Å²) >= 11 is 0. The third kappa shape index (κ3) is 5.58. The Morgan fingerprint density at radius 3 is 1.84 bits per heavy atom. The molecule has 0 aliphatic heterocycles. The zero-order valence-corrected chi connectivity index (χ0v) is 20.5. The van der Waals surface area contributed by atoms with Crippen molar-refractivity contribution in [3.63, 3.8) is 0 Å². The minimum Gasteiger partial charge on any atom is -1.00 e. The molecule has 0 saturated carbocycles.